The molecule has 1 heterocycles. The minimum absolute atomic E-state index is 0.175. The van der Waals surface area contributed by atoms with E-state index in [9.17, 15) is 18.7 Å². The average molecular weight is 318 g/mol. The van der Waals surface area contributed by atoms with Crippen molar-refractivity contribution in [3.63, 3.8) is 0 Å². The fourth-order valence-corrected chi connectivity index (χ4v) is 2.32. The van der Waals surface area contributed by atoms with Gasteiger partial charge in [0.15, 0.2) is 5.58 Å². The van der Waals surface area contributed by atoms with Crippen molar-refractivity contribution in [1.29, 1.82) is 0 Å². The first-order chi connectivity index (χ1) is 9.90. The maximum atomic E-state index is 12.6. The molecule has 1 aromatic heterocycles. The van der Waals surface area contributed by atoms with Crippen molar-refractivity contribution in [2.24, 2.45) is 0 Å². The second-order valence-electron chi connectivity index (χ2n) is 4.71. The smallest absolute Gasteiger partial charge is 0.255 e. The van der Waals surface area contributed by atoms with Gasteiger partial charge in [0.25, 0.3) is 12.3 Å². The van der Waals surface area contributed by atoms with E-state index in [0.717, 1.165) is 4.90 Å². The minimum atomic E-state index is -2.68. The van der Waals surface area contributed by atoms with E-state index in [-0.39, 0.29) is 12.1 Å². The number of amides is 1. The average Bonchev–Trinajstić information content (AvgIpc) is 2.86. The molecule has 2 aromatic rings. The zero-order valence-electron chi connectivity index (χ0n) is 11.2. The number of alkyl halides is 2. The quantitative estimate of drug-likeness (QED) is 0.921. The summed E-state index contributed by atoms with van der Waals surface area (Å²) in [7, 11) is 0. The number of hydrogen-bond donors (Lipinski definition) is 1. The summed E-state index contributed by atoms with van der Waals surface area (Å²) in [6.45, 7) is 0.512. The first-order valence-electron chi connectivity index (χ1n) is 6.31. The summed E-state index contributed by atoms with van der Waals surface area (Å²) in [6.07, 6.45) is -2.21. The molecule has 7 heteroatoms. The largest absolute Gasteiger partial charge is 0.463 e. The van der Waals surface area contributed by atoms with Crippen LogP contribution in [0.4, 0.5) is 8.78 Å². The van der Waals surface area contributed by atoms with Crippen LogP contribution in [0.25, 0.3) is 11.0 Å². The van der Waals surface area contributed by atoms with E-state index >= 15 is 0 Å². The zero-order chi connectivity index (χ0) is 15.6. The lowest BCUT2D eigenvalue weighted by atomic mass is 10.1. The van der Waals surface area contributed by atoms with Crippen LogP contribution in [0.1, 0.15) is 17.3 Å². The standard InChI is InChI=1S/C14H14ClF2NO3/c1-8(19)6-18(7-12(16)17)14(20)10-2-3-11(15)13-9(10)4-5-21-13/h2-5,8,12,19H,6-7H2,1H3/t8-/m0/s1. The predicted molar refractivity (Wildman–Crippen MR) is 74.8 cm³/mol. The maximum absolute atomic E-state index is 12.6. The van der Waals surface area contributed by atoms with Gasteiger partial charge in [-0.1, -0.05) is 11.6 Å². The molecular formula is C14H14ClF2NO3. The molecule has 0 fully saturated rings. The molecule has 0 saturated carbocycles. The van der Waals surface area contributed by atoms with Crippen molar-refractivity contribution in [3.05, 3.63) is 35.0 Å². The van der Waals surface area contributed by atoms with E-state index in [2.05, 4.69) is 0 Å². The monoisotopic (exact) mass is 317 g/mol. The summed E-state index contributed by atoms with van der Waals surface area (Å²) in [6, 6.07) is 4.49. The van der Waals surface area contributed by atoms with Crippen LogP contribution in [0.3, 0.4) is 0 Å². The summed E-state index contributed by atoms with van der Waals surface area (Å²) >= 11 is 5.94. The Morgan fingerprint density at radius 2 is 2.10 bits per heavy atom. The molecule has 0 aliphatic carbocycles. The summed E-state index contributed by atoms with van der Waals surface area (Å²) in [4.78, 5) is 13.4. The maximum Gasteiger partial charge on any atom is 0.255 e. The Balaban J connectivity index is 2.38. The van der Waals surface area contributed by atoms with E-state index in [1.807, 2.05) is 0 Å². The van der Waals surface area contributed by atoms with Crippen molar-refractivity contribution in [1.82, 2.24) is 4.90 Å². The van der Waals surface area contributed by atoms with Crippen LogP contribution >= 0.6 is 11.6 Å². The Labute approximate surface area is 124 Å². The summed E-state index contributed by atoms with van der Waals surface area (Å²) in [5.41, 5.74) is 0.543. The van der Waals surface area contributed by atoms with E-state index in [0.29, 0.717) is 16.0 Å². The third-order valence-electron chi connectivity index (χ3n) is 2.93. The fraction of sp³-hybridized carbons (Fsp3) is 0.357. The molecule has 0 unspecified atom stereocenters. The van der Waals surface area contributed by atoms with Gasteiger partial charge in [-0.05, 0) is 25.1 Å². The Kier molecular flexibility index (Phi) is 4.80. The number of rotatable bonds is 5. The Hall–Kier alpha value is -1.66. The highest BCUT2D eigenvalue weighted by molar-refractivity contribution is 6.35. The lowest BCUT2D eigenvalue weighted by Crippen LogP contribution is -2.39. The van der Waals surface area contributed by atoms with Gasteiger partial charge in [-0.25, -0.2) is 8.78 Å². The second-order valence-corrected chi connectivity index (χ2v) is 5.12. The van der Waals surface area contributed by atoms with Crippen LogP contribution in [0.5, 0.6) is 0 Å². The third kappa shape index (κ3) is 3.51. The van der Waals surface area contributed by atoms with Crippen LogP contribution < -0.4 is 0 Å². The second kappa shape index (κ2) is 6.41. The van der Waals surface area contributed by atoms with Crippen LogP contribution in [0.15, 0.2) is 28.9 Å². The lowest BCUT2D eigenvalue weighted by Gasteiger charge is -2.24. The minimum Gasteiger partial charge on any atom is -0.463 e. The number of fused-ring (bicyclic) bond motifs is 1. The molecule has 1 amide bonds. The highest BCUT2D eigenvalue weighted by atomic mass is 35.5. The molecule has 0 spiro atoms. The number of halogens is 3. The molecule has 0 radical (unpaired) electrons. The number of hydrogen-bond acceptors (Lipinski definition) is 3. The van der Waals surface area contributed by atoms with Crippen molar-refractivity contribution in [2.45, 2.75) is 19.5 Å². The lowest BCUT2D eigenvalue weighted by molar-refractivity contribution is 0.0422. The molecule has 2 rings (SSSR count). The SMILES string of the molecule is C[C@H](O)CN(CC(F)F)C(=O)c1ccc(Cl)c2occc12. The van der Waals surface area contributed by atoms with Gasteiger partial charge in [0.05, 0.1) is 29.5 Å². The van der Waals surface area contributed by atoms with E-state index in [1.54, 1.807) is 6.07 Å². The van der Waals surface area contributed by atoms with Crippen LogP contribution in [-0.2, 0) is 0 Å². The number of furan rings is 1. The Morgan fingerprint density at radius 3 is 2.71 bits per heavy atom. The first kappa shape index (κ1) is 15.7. The number of nitrogens with zero attached hydrogens (tertiary/aromatic N) is 1. The summed E-state index contributed by atoms with van der Waals surface area (Å²) in [5.74, 6) is -0.598. The van der Waals surface area contributed by atoms with Crippen LogP contribution in [-0.4, -0.2) is 41.5 Å². The molecule has 21 heavy (non-hydrogen) atoms. The van der Waals surface area contributed by atoms with Gasteiger partial charge in [0, 0.05) is 11.9 Å². The normalized spacial score (nSPS) is 12.9. The van der Waals surface area contributed by atoms with Gasteiger partial charge in [-0.3, -0.25) is 4.79 Å². The number of carbonyl (C=O) groups excluding carboxylic acids is 1. The van der Waals surface area contributed by atoms with Gasteiger partial charge < -0.3 is 14.4 Å². The highest BCUT2D eigenvalue weighted by Gasteiger charge is 2.23. The fourth-order valence-electron chi connectivity index (χ4n) is 2.11. The van der Waals surface area contributed by atoms with Gasteiger partial charge in [-0.2, -0.15) is 0 Å². The van der Waals surface area contributed by atoms with Crippen molar-refractivity contribution in [2.75, 3.05) is 13.1 Å². The summed E-state index contributed by atoms with van der Waals surface area (Å²) in [5, 5.41) is 10.2. The molecule has 1 N–H and O–H groups in total. The molecule has 0 saturated heterocycles. The number of aliphatic hydroxyl groups is 1. The van der Waals surface area contributed by atoms with Crippen molar-refractivity contribution < 1.29 is 23.1 Å². The van der Waals surface area contributed by atoms with Crippen molar-refractivity contribution in [3.8, 4) is 0 Å². The van der Waals surface area contributed by atoms with Crippen molar-refractivity contribution >= 4 is 28.5 Å². The highest BCUT2D eigenvalue weighted by Crippen LogP contribution is 2.28. The van der Waals surface area contributed by atoms with Gasteiger partial charge in [0.2, 0.25) is 0 Å². The molecule has 114 valence electrons. The molecule has 1 atom stereocenters. The molecular weight excluding hydrogens is 304 g/mol. The number of aliphatic hydroxyl groups excluding tert-OH is 1. The predicted octanol–water partition coefficient (Wildman–Crippen LogP) is 3.17. The molecule has 1 aromatic carbocycles. The van der Waals surface area contributed by atoms with Gasteiger partial charge in [-0.15, -0.1) is 0 Å². The molecule has 0 aliphatic rings. The van der Waals surface area contributed by atoms with Gasteiger partial charge >= 0.3 is 0 Å². The molecule has 0 aliphatic heterocycles. The van der Waals surface area contributed by atoms with Crippen LogP contribution in [0, 0.1) is 0 Å². The summed E-state index contributed by atoms with van der Waals surface area (Å²) < 4.78 is 30.4. The molecule has 4 nitrogen and oxygen atoms in total. The zero-order valence-corrected chi connectivity index (χ0v) is 12.0. The van der Waals surface area contributed by atoms with E-state index < -0.39 is 25.0 Å². The number of benzene rings is 1. The van der Waals surface area contributed by atoms with Crippen LogP contribution in [0.2, 0.25) is 5.02 Å². The Bertz CT molecular complexity index is 632. The number of carbonyl (C=O) groups is 1. The van der Waals surface area contributed by atoms with Gasteiger partial charge in [0.1, 0.15) is 0 Å². The molecule has 0 bridgehead atoms. The van der Waals surface area contributed by atoms with E-state index in [4.69, 9.17) is 16.0 Å². The third-order valence-corrected chi connectivity index (χ3v) is 3.23. The van der Waals surface area contributed by atoms with E-state index in [1.165, 1.54) is 25.3 Å². The first-order valence-corrected chi connectivity index (χ1v) is 6.69. The Morgan fingerprint density at radius 1 is 1.38 bits per heavy atom. The topological polar surface area (TPSA) is 53.7 Å².